The summed E-state index contributed by atoms with van der Waals surface area (Å²) in [6, 6.07) is 5.43. The lowest BCUT2D eigenvalue weighted by atomic mass is 10.1. The molecule has 0 aromatic heterocycles. The fourth-order valence-electron chi connectivity index (χ4n) is 1.10. The van der Waals surface area contributed by atoms with Crippen LogP contribution in [0, 0.1) is 5.41 Å². The van der Waals surface area contributed by atoms with Crippen molar-refractivity contribution in [2.45, 2.75) is 19.9 Å². The molecule has 0 atom stereocenters. The minimum atomic E-state index is 0.237. The van der Waals surface area contributed by atoms with Gasteiger partial charge in [0.25, 0.3) is 0 Å². The van der Waals surface area contributed by atoms with Crippen LogP contribution in [0.4, 0.5) is 11.4 Å². The lowest BCUT2D eigenvalue weighted by Crippen LogP contribution is -2.30. The van der Waals surface area contributed by atoms with Crippen molar-refractivity contribution < 1.29 is 0 Å². The SMILES string of the molecule is CC(C)NC(=N)c1ccc(N)c(N)c1. The van der Waals surface area contributed by atoms with E-state index >= 15 is 0 Å². The largest absolute Gasteiger partial charge is 0.397 e. The fraction of sp³-hybridized carbons (Fsp3) is 0.300. The highest BCUT2D eigenvalue weighted by Gasteiger charge is 2.04. The van der Waals surface area contributed by atoms with E-state index in [-0.39, 0.29) is 6.04 Å². The number of nitrogens with one attached hydrogen (secondary N) is 2. The van der Waals surface area contributed by atoms with E-state index in [9.17, 15) is 0 Å². The Morgan fingerprint density at radius 1 is 1.29 bits per heavy atom. The van der Waals surface area contributed by atoms with E-state index in [1.54, 1.807) is 18.2 Å². The Balaban J connectivity index is 2.86. The van der Waals surface area contributed by atoms with Crippen LogP contribution in [0.3, 0.4) is 0 Å². The third-order valence-electron chi connectivity index (χ3n) is 1.81. The molecule has 0 radical (unpaired) electrons. The zero-order chi connectivity index (χ0) is 10.7. The highest BCUT2D eigenvalue weighted by molar-refractivity contribution is 5.98. The maximum absolute atomic E-state index is 7.72. The van der Waals surface area contributed by atoms with E-state index < -0.39 is 0 Å². The van der Waals surface area contributed by atoms with Gasteiger partial charge in [-0.15, -0.1) is 0 Å². The van der Waals surface area contributed by atoms with Gasteiger partial charge >= 0.3 is 0 Å². The maximum Gasteiger partial charge on any atom is 0.125 e. The average Bonchev–Trinajstić information content (AvgIpc) is 2.08. The van der Waals surface area contributed by atoms with Crippen LogP contribution in [-0.4, -0.2) is 11.9 Å². The van der Waals surface area contributed by atoms with Crippen LogP contribution in [0.2, 0.25) is 0 Å². The standard InChI is InChI=1S/C10H16N4/c1-6(2)14-10(13)7-3-4-8(11)9(12)5-7/h3-6H,11-12H2,1-2H3,(H2,13,14). The Bertz CT molecular complexity index is 344. The molecule has 4 heteroatoms. The van der Waals surface area contributed by atoms with E-state index in [2.05, 4.69) is 5.32 Å². The molecule has 14 heavy (non-hydrogen) atoms. The van der Waals surface area contributed by atoms with Crippen molar-refractivity contribution in [2.75, 3.05) is 11.5 Å². The van der Waals surface area contributed by atoms with E-state index in [0.717, 1.165) is 5.56 Å². The smallest absolute Gasteiger partial charge is 0.125 e. The summed E-state index contributed by atoms with van der Waals surface area (Å²) in [6.07, 6.45) is 0. The highest BCUT2D eigenvalue weighted by atomic mass is 15.0. The number of nitrogens with two attached hydrogens (primary N) is 2. The summed E-state index contributed by atoms with van der Waals surface area (Å²) in [5, 5.41) is 10.7. The lowest BCUT2D eigenvalue weighted by Gasteiger charge is -2.12. The molecule has 0 saturated carbocycles. The monoisotopic (exact) mass is 192 g/mol. The minimum absolute atomic E-state index is 0.237. The van der Waals surface area contributed by atoms with Crippen molar-refractivity contribution in [1.82, 2.24) is 5.32 Å². The quantitative estimate of drug-likeness (QED) is 0.322. The van der Waals surface area contributed by atoms with Crippen molar-refractivity contribution in [3.8, 4) is 0 Å². The zero-order valence-electron chi connectivity index (χ0n) is 8.46. The Kier molecular flexibility index (Phi) is 2.96. The number of benzene rings is 1. The predicted octanol–water partition coefficient (Wildman–Crippen LogP) is 1.17. The van der Waals surface area contributed by atoms with Gasteiger partial charge in [-0.3, -0.25) is 5.41 Å². The number of anilines is 2. The average molecular weight is 192 g/mol. The van der Waals surface area contributed by atoms with Crippen molar-refractivity contribution in [3.05, 3.63) is 23.8 Å². The van der Waals surface area contributed by atoms with Gasteiger partial charge in [-0.2, -0.15) is 0 Å². The second-order valence-electron chi connectivity index (χ2n) is 3.52. The van der Waals surface area contributed by atoms with Gasteiger partial charge in [-0.1, -0.05) is 0 Å². The second kappa shape index (κ2) is 4.00. The molecule has 0 unspecified atom stereocenters. The second-order valence-corrected chi connectivity index (χ2v) is 3.52. The van der Waals surface area contributed by atoms with Gasteiger partial charge in [0, 0.05) is 11.6 Å². The van der Waals surface area contributed by atoms with Gasteiger partial charge in [0.05, 0.1) is 11.4 Å². The number of amidine groups is 1. The number of hydrogen-bond donors (Lipinski definition) is 4. The lowest BCUT2D eigenvalue weighted by molar-refractivity contribution is 0.731. The van der Waals surface area contributed by atoms with Crippen LogP contribution in [-0.2, 0) is 0 Å². The number of hydrogen-bond acceptors (Lipinski definition) is 3. The van der Waals surface area contributed by atoms with Crippen molar-refractivity contribution in [1.29, 1.82) is 5.41 Å². The molecule has 4 nitrogen and oxygen atoms in total. The molecule has 0 spiro atoms. The first-order chi connectivity index (χ1) is 6.50. The van der Waals surface area contributed by atoms with Crippen LogP contribution in [0.1, 0.15) is 19.4 Å². The molecule has 76 valence electrons. The number of rotatable bonds is 2. The van der Waals surface area contributed by atoms with E-state index in [1.165, 1.54) is 0 Å². The molecule has 0 aliphatic rings. The van der Waals surface area contributed by atoms with Crippen LogP contribution in [0.15, 0.2) is 18.2 Å². The Labute approximate surface area is 83.8 Å². The molecule has 6 N–H and O–H groups in total. The van der Waals surface area contributed by atoms with E-state index in [4.69, 9.17) is 16.9 Å². The fourth-order valence-corrected chi connectivity index (χ4v) is 1.10. The molecule has 0 saturated heterocycles. The summed E-state index contributed by atoms with van der Waals surface area (Å²) in [7, 11) is 0. The molecule has 0 fully saturated rings. The third-order valence-corrected chi connectivity index (χ3v) is 1.81. The van der Waals surface area contributed by atoms with Gasteiger partial charge in [0.2, 0.25) is 0 Å². The summed E-state index contributed by atoms with van der Waals surface area (Å²) in [5.41, 5.74) is 13.0. The molecule has 0 heterocycles. The molecule has 1 aromatic carbocycles. The van der Waals surface area contributed by atoms with Crippen LogP contribution < -0.4 is 16.8 Å². The molecule has 0 amide bonds. The first kappa shape index (κ1) is 10.4. The summed E-state index contributed by atoms with van der Waals surface area (Å²) < 4.78 is 0. The molecule has 0 bridgehead atoms. The summed E-state index contributed by atoms with van der Waals surface area (Å²) in [5.74, 6) is 0.367. The molecule has 0 aliphatic heterocycles. The summed E-state index contributed by atoms with van der Waals surface area (Å²) >= 11 is 0. The van der Waals surface area contributed by atoms with Gasteiger partial charge in [0.15, 0.2) is 0 Å². The van der Waals surface area contributed by atoms with Gasteiger partial charge in [-0.25, -0.2) is 0 Å². The van der Waals surface area contributed by atoms with Crippen LogP contribution >= 0.6 is 0 Å². The molecule has 0 aliphatic carbocycles. The molecular weight excluding hydrogens is 176 g/mol. The zero-order valence-corrected chi connectivity index (χ0v) is 8.46. The van der Waals surface area contributed by atoms with E-state index in [1.807, 2.05) is 13.8 Å². The van der Waals surface area contributed by atoms with Crippen molar-refractivity contribution in [3.63, 3.8) is 0 Å². The van der Waals surface area contributed by atoms with Crippen LogP contribution in [0.5, 0.6) is 0 Å². The molecule has 1 rings (SSSR count). The Hall–Kier alpha value is -1.71. The predicted molar refractivity (Wildman–Crippen MR) is 60.4 cm³/mol. The minimum Gasteiger partial charge on any atom is -0.397 e. The Morgan fingerprint density at radius 2 is 1.93 bits per heavy atom. The van der Waals surface area contributed by atoms with Crippen molar-refractivity contribution in [2.24, 2.45) is 0 Å². The highest BCUT2D eigenvalue weighted by Crippen LogP contribution is 2.15. The Morgan fingerprint density at radius 3 is 2.43 bits per heavy atom. The third kappa shape index (κ3) is 2.39. The van der Waals surface area contributed by atoms with Gasteiger partial charge < -0.3 is 16.8 Å². The summed E-state index contributed by atoms with van der Waals surface area (Å²) in [4.78, 5) is 0. The topological polar surface area (TPSA) is 87.9 Å². The molecule has 1 aromatic rings. The first-order valence-electron chi connectivity index (χ1n) is 4.51. The first-order valence-corrected chi connectivity index (χ1v) is 4.51. The van der Waals surface area contributed by atoms with Crippen LogP contribution in [0.25, 0.3) is 0 Å². The molecular formula is C10H16N4. The van der Waals surface area contributed by atoms with Gasteiger partial charge in [0.1, 0.15) is 5.84 Å². The normalized spacial score (nSPS) is 10.2. The number of nitrogen functional groups attached to an aromatic ring is 2. The maximum atomic E-state index is 7.72. The van der Waals surface area contributed by atoms with Gasteiger partial charge in [-0.05, 0) is 32.0 Å². The van der Waals surface area contributed by atoms with Crippen molar-refractivity contribution >= 4 is 17.2 Å². The summed E-state index contributed by atoms with van der Waals surface area (Å²) in [6.45, 7) is 3.96. The van der Waals surface area contributed by atoms with E-state index in [0.29, 0.717) is 17.2 Å².